The van der Waals surface area contributed by atoms with E-state index in [1.165, 1.54) is 5.56 Å². The van der Waals surface area contributed by atoms with Crippen molar-refractivity contribution in [3.8, 4) is 0 Å². The van der Waals surface area contributed by atoms with Crippen molar-refractivity contribution in [1.29, 1.82) is 0 Å². The van der Waals surface area contributed by atoms with Gasteiger partial charge in [-0.15, -0.1) is 10.2 Å². The van der Waals surface area contributed by atoms with Crippen LogP contribution in [0.25, 0.3) is 5.65 Å². The van der Waals surface area contributed by atoms with Crippen LogP contribution in [0.15, 0.2) is 48.7 Å². The van der Waals surface area contributed by atoms with Gasteiger partial charge in [-0.3, -0.25) is 19.0 Å². The first kappa shape index (κ1) is 19.5. The summed E-state index contributed by atoms with van der Waals surface area (Å²) in [7, 11) is 2.13. The van der Waals surface area contributed by atoms with Crippen LogP contribution in [0.5, 0.6) is 0 Å². The number of pyridine rings is 1. The minimum atomic E-state index is -0.0592. The van der Waals surface area contributed by atoms with Crippen molar-refractivity contribution >= 4 is 11.6 Å². The maximum absolute atomic E-state index is 12.4. The zero-order chi connectivity index (χ0) is 20.2. The number of carbonyl (C=O) groups excluding carboxylic acids is 1. The van der Waals surface area contributed by atoms with Crippen LogP contribution in [0.2, 0.25) is 0 Å². The molecule has 3 aromatic rings. The molecule has 4 rings (SSSR count). The van der Waals surface area contributed by atoms with Crippen LogP contribution < -0.4 is 5.32 Å². The highest BCUT2D eigenvalue weighted by Gasteiger charge is 2.29. The smallest absolute Gasteiger partial charge is 0.252 e. The highest BCUT2D eigenvalue weighted by Crippen LogP contribution is 2.24. The first-order chi connectivity index (χ1) is 14.2. The SMILES string of the molecule is CCCNC(=O)c1ccc2nnc(C3CN(Cc4ccccc4)CCN3C)n2c1. The topological polar surface area (TPSA) is 65.8 Å². The summed E-state index contributed by atoms with van der Waals surface area (Å²) in [5.74, 6) is 0.821. The van der Waals surface area contributed by atoms with Crippen LogP contribution in [0, 0.1) is 0 Å². The average molecular weight is 393 g/mol. The molecule has 1 aromatic carbocycles. The maximum Gasteiger partial charge on any atom is 0.252 e. The molecule has 1 N–H and O–H groups in total. The van der Waals surface area contributed by atoms with E-state index < -0.39 is 0 Å². The van der Waals surface area contributed by atoms with E-state index in [1.807, 2.05) is 35.7 Å². The largest absolute Gasteiger partial charge is 0.352 e. The third kappa shape index (κ3) is 4.31. The molecule has 1 amide bonds. The molecule has 1 aliphatic heterocycles. The highest BCUT2D eigenvalue weighted by molar-refractivity contribution is 5.94. The van der Waals surface area contributed by atoms with Gasteiger partial charge in [0, 0.05) is 38.9 Å². The van der Waals surface area contributed by atoms with E-state index in [2.05, 4.69) is 56.6 Å². The van der Waals surface area contributed by atoms with E-state index in [9.17, 15) is 4.79 Å². The van der Waals surface area contributed by atoms with E-state index in [1.54, 1.807) is 0 Å². The zero-order valence-corrected chi connectivity index (χ0v) is 17.1. The number of rotatable bonds is 6. The molecule has 0 radical (unpaired) electrons. The van der Waals surface area contributed by atoms with Gasteiger partial charge in [0.05, 0.1) is 11.6 Å². The molecule has 152 valence electrons. The fraction of sp³-hybridized carbons (Fsp3) is 0.409. The normalized spacial score (nSPS) is 18.2. The number of amides is 1. The second kappa shape index (κ2) is 8.71. The minimum Gasteiger partial charge on any atom is -0.352 e. The Balaban J connectivity index is 1.57. The standard InChI is InChI=1S/C22H28N6O/c1-3-11-23-22(29)18-9-10-20-24-25-21(28(20)15-18)19-16-27(13-12-26(19)2)14-17-7-5-4-6-8-17/h4-10,15,19H,3,11-14,16H2,1-2H3,(H,23,29). The number of nitrogens with zero attached hydrogens (tertiary/aromatic N) is 5. The number of carbonyl (C=O) groups is 1. The summed E-state index contributed by atoms with van der Waals surface area (Å²) in [6.45, 7) is 6.49. The Hall–Kier alpha value is -2.77. The van der Waals surface area contributed by atoms with E-state index in [-0.39, 0.29) is 11.9 Å². The van der Waals surface area contributed by atoms with Crippen LogP contribution in [0.1, 0.15) is 41.1 Å². The van der Waals surface area contributed by atoms with E-state index in [0.29, 0.717) is 12.1 Å². The van der Waals surface area contributed by atoms with Crippen molar-refractivity contribution in [1.82, 2.24) is 29.7 Å². The van der Waals surface area contributed by atoms with Gasteiger partial charge < -0.3 is 5.32 Å². The molecule has 1 atom stereocenters. The molecule has 3 heterocycles. The molecule has 29 heavy (non-hydrogen) atoms. The minimum absolute atomic E-state index is 0.0592. The number of nitrogens with one attached hydrogen (secondary N) is 1. The van der Waals surface area contributed by atoms with Gasteiger partial charge in [-0.25, -0.2) is 0 Å². The molecule has 7 nitrogen and oxygen atoms in total. The van der Waals surface area contributed by atoms with Crippen LogP contribution in [-0.2, 0) is 6.54 Å². The van der Waals surface area contributed by atoms with Gasteiger partial charge in [0.1, 0.15) is 0 Å². The molecule has 0 saturated carbocycles. The Kier molecular flexibility index (Phi) is 5.87. The summed E-state index contributed by atoms with van der Waals surface area (Å²) in [5, 5.41) is 11.8. The summed E-state index contributed by atoms with van der Waals surface area (Å²) in [6, 6.07) is 14.3. The van der Waals surface area contributed by atoms with Crippen LogP contribution >= 0.6 is 0 Å². The predicted molar refractivity (Wildman–Crippen MR) is 113 cm³/mol. The van der Waals surface area contributed by atoms with Crippen molar-refractivity contribution < 1.29 is 4.79 Å². The fourth-order valence-corrected chi connectivity index (χ4v) is 3.80. The predicted octanol–water partition coefficient (Wildman–Crippen LogP) is 2.36. The number of fused-ring (bicyclic) bond motifs is 1. The van der Waals surface area contributed by atoms with Crippen molar-refractivity contribution in [2.24, 2.45) is 0 Å². The Bertz CT molecular complexity index is 970. The fourth-order valence-electron chi connectivity index (χ4n) is 3.80. The molecule has 0 aliphatic carbocycles. The molecular weight excluding hydrogens is 364 g/mol. The molecule has 1 saturated heterocycles. The van der Waals surface area contributed by atoms with Crippen molar-refractivity contribution in [3.63, 3.8) is 0 Å². The third-order valence-electron chi connectivity index (χ3n) is 5.51. The van der Waals surface area contributed by atoms with Crippen molar-refractivity contribution in [3.05, 3.63) is 65.6 Å². The quantitative estimate of drug-likeness (QED) is 0.698. The second-order valence-corrected chi connectivity index (χ2v) is 7.68. The zero-order valence-electron chi connectivity index (χ0n) is 17.1. The van der Waals surface area contributed by atoms with Gasteiger partial charge in [-0.1, -0.05) is 37.3 Å². The third-order valence-corrected chi connectivity index (χ3v) is 5.51. The van der Waals surface area contributed by atoms with E-state index in [4.69, 9.17) is 0 Å². The van der Waals surface area contributed by atoms with E-state index in [0.717, 1.165) is 44.1 Å². The van der Waals surface area contributed by atoms with Crippen LogP contribution in [-0.4, -0.2) is 63.5 Å². The van der Waals surface area contributed by atoms with Crippen LogP contribution in [0.3, 0.4) is 0 Å². The summed E-state index contributed by atoms with van der Waals surface area (Å²) >= 11 is 0. The molecule has 2 aromatic heterocycles. The van der Waals surface area contributed by atoms with Gasteiger partial charge >= 0.3 is 0 Å². The molecular formula is C22H28N6O. The number of piperazine rings is 1. The lowest BCUT2D eigenvalue weighted by Gasteiger charge is -2.38. The molecule has 1 unspecified atom stereocenters. The second-order valence-electron chi connectivity index (χ2n) is 7.68. The summed E-state index contributed by atoms with van der Waals surface area (Å²) in [6.07, 6.45) is 2.77. The Morgan fingerprint density at radius 1 is 1.14 bits per heavy atom. The van der Waals surface area contributed by atoms with E-state index >= 15 is 0 Å². The number of likely N-dealkylation sites (N-methyl/N-ethyl adjacent to an activating group) is 1. The molecule has 0 bridgehead atoms. The maximum atomic E-state index is 12.4. The summed E-state index contributed by atoms with van der Waals surface area (Å²) in [4.78, 5) is 17.2. The molecule has 7 heteroatoms. The van der Waals surface area contributed by atoms with Gasteiger partial charge in [0.25, 0.3) is 5.91 Å². The van der Waals surface area contributed by atoms with Gasteiger partial charge in [0.15, 0.2) is 11.5 Å². The number of hydrogen-bond acceptors (Lipinski definition) is 5. The average Bonchev–Trinajstić information content (AvgIpc) is 3.17. The van der Waals surface area contributed by atoms with Gasteiger partial charge in [-0.2, -0.15) is 0 Å². The lowest BCUT2D eigenvalue weighted by molar-refractivity contribution is 0.0852. The number of benzene rings is 1. The highest BCUT2D eigenvalue weighted by atomic mass is 16.1. The van der Waals surface area contributed by atoms with Gasteiger partial charge in [0.2, 0.25) is 0 Å². The monoisotopic (exact) mass is 392 g/mol. The number of aromatic nitrogens is 3. The van der Waals surface area contributed by atoms with Gasteiger partial charge in [-0.05, 0) is 31.2 Å². The van der Waals surface area contributed by atoms with Crippen molar-refractivity contribution in [2.45, 2.75) is 25.9 Å². The summed E-state index contributed by atoms with van der Waals surface area (Å²) < 4.78 is 1.97. The van der Waals surface area contributed by atoms with Crippen molar-refractivity contribution in [2.75, 3.05) is 33.2 Å². The molecule has 1 aliphatic rings. The first-order valence-electron chi connectivity index (χ1n) is 10.2. The molecule has 1 fully saturated rings. The first-order valence-corrected chi connectivity index (χ1v) is 10.2. The lowest BCUT2D eigenvalue weighted by Crippen LogP contribution is -2.46. The molecule has 0 spiro atoms. The number of hydrogen-bond donors (Lipinski definition) is 1. The summed E-state index contributed by atoms with van der Waals surface area (Å²) in [5.41, 5.74) is 2.71. The Labute approximate surface area is 171 Å². The Morgan fingerprint density at radius 2 is 1.97 bits per heavy atom. The van der Waals surface area contributed by atoms with Crippen LogP contribution in [0.4, 0.5) is 0 Å². The Morgan fingerprint density at radius 3 is 2.76 bits per heavy atom. The lowest BCUT2D eigenvalue weighted by atomic mass is 10.1.